The maximum Gasteiger partial charge on any atom is 0.101 e. The van der Waals surface area contributed by atoms with Crippen LogP contribution in [0.5, 0.6) is 0 Å². The summed E-state index contributed by atoms with van der Waals surface area (Å²) in [6.07, 6.45) is 6.46. The number of halogens is 1. The van der Waals surface area contributed by atoms with E-state index in [4.69, 9.17) is 0 Å². The molecule has 1 aliphatic carbocycles. The Balaban J connectivity index is 2.23. The van der Waals surface area contributed by atoms with Crippen LogP contribution in [0.2, 0.25) is 0 Å². The molecule has 0 spiro atoms. The summed E-state index contributed by atoms with van der Waals surface area (Å²) in [5.41, 5.74) is 2.25. The van der Waals surface area contributed by atoms with E-state index in [2.05, 4.69) is 28.7 Å². The van der Waals surface area contributed by atoms with E-state index in [0.29, 0.717) is 0 Å². The summed E-state index contributed by atoms with van der Waals surface area (Å²) in [5, 5.41) is 10.3. The first-order valence-corrected chi connectivity index (χ1v) is 6.48. The van der Waals surface area contributed by atoms with Gasteiger partial charge < -0.3 is 5.11 Å². The molecule has 2 heteroatoms. The second-order valence-electron chi connectivity index (χ2n) is 3.95. The van der Waals surface area contributed by atoms with Crippen LogP contribution in [-0.4, -0.2) is 5.11 Å². The van der Waals surface area contributed by atoms with Gasteiger partial charge in [0.25, 0.3) is 0 Å². The van der Waals surface area contributed by atoms with Gasteiger partial charge in [0.15, 0.2) is 0 Å². The number of hydrogen-bond donors (Lipinski definition) is 1. The van der Waals surface area contributed by atoms with Crippen molar-refractivity contribution in [3.05, 3.63) is 45.0 Å². The topological polar surface area (TPSA) is 20.2 Å². The molecule has 1 aliphatic rings. The van der Waals surface area contributed by atoms with Gasteiger partial charge in [0.05, 0.1) is 0 Å². The largest absolute Gasteiger partial charge is 0.384 e. The highest BCUT2D eigenvalue weighted by atomic mass is 127. The second-order valence-corrected chi connectivity index (χ2v) is 5.11. The van der Waals surface area contributed by atoms with Crippen LogP contribution >= 0.6 is 22.6 Å². The molecular formula is C13H15IO. The Morgan fingerprint density at radius 1 is 1.20 bits per heavy atom. The lowest BCUT2D eigenvalue weighted by molar-refractivity contribution is 0.207. The van der Waals surface area contributed by atoms with Gasteiger partial charge in [0.1, 0.15) is 6.10 Å². The number of allylic oxidation sites excluding steroid dienone is 1. The lowest BCUT2D eigenvalue weighted by Crippen LogP contribution is -2.06. The smallest absolute Gasteiger partial charge is 0.101 e. The zero-order valence-electron chi connectivity index (χ0n) is 8.62. The Labute approximate surface area is 104 Å². The monoisotopic (exact) mass is 314 g/mol. The summed E-state index contributed by atoms with van der Waals surface area (Å²) in [7, 11) is 0. The van der Waals surface area contributed by atoms with Crippen LogP contribution < -0.4 is 0 Å². The SMILES string of the molecule is OC(C1=CCCCC1)c1ccccc1I. The third-order valence-electron chi connectivity index (χ3n) is 2.88. The van der Waals surface area contributed by atoms with E-state index in [1.54, 1.807) is 0 Å². The van der Waals surface area contributed by atoms with Crippen LogP contribution in [0.1, 0.15) is 37.4 Å². The first-order chi connectivity index (χ1) is 7.29. The molecule has 0 aliphatic heterocycles. The van der Waals surface area contributed by atoms with Crippen LogP contribution in [0, 0.1) is 3.57 Å². The minimum atomic E-state index is -0.390. The molecule has 2 rings (SSSR count). The minimum Gasteiger partial charge on any atom is -0.384 e. The Hall–Kier alpha value is -0.350. The van der Waals surface area contributed by atoms with E-state index >= 15 is 0 Å². The number of hydrogen-bond acceptors (Lipinski definition) is 1. The molecule has 0 aromatic heterocycles. The summed E-state index contributed by atoms with van der Waals surface area (Å²) in [5.74, 6) is 0. The first-order valence-electron chi connectivity index (χ1n) is 5.40. The quantitative estimate of drug-likeness (QED) is 0.650. The average Bonchev–Trinajstić information content (AvgIpc) is 2.30. The summed E-state index contributed by atoms with van der Waals surface area (Å²) in [6.45, 7) is 0. The van der Waals surface area contributed by atoms with Crippen molar-refractivity contribution >= 4 is 22.6 Å². The summed E-state index contributed by atoms with van der Waals surface area (Å²) in [6, 6.07) is 8.06. The van der Waals surface area contributed by atoms with Gasteiger partial charge in [-0.25, -0.2) is 0 Å². The maximum absolute atomic E-state index is 10.3. The summed E-state index contributed by atoms with van der Waals surface area (Å²) in [4.78, 5) is 0. The normalized spacial score (nSPS) is 18.4. The van der Waals surface area contributed by atoms with Crippen molar-refractivity contribution in [2.24, 2.45) is 0 Å². The van der Waals surface area contributed by atoms with Gasteiger partial charge in [-0.2, -0.15) is 0 Å². The van der Waals surface area contributed by atoms with Gasteiger partial charge in [-0.3, -0.25) is 0 Å². The van der Waals surface area contributed by atoms with E-state index in [0.717, 1.165) is 22.0 Å². The highest BCUT2D eigenvalue weighted by molar-refractivity contribution is 14.1. The lowest BCUT2D eigenvalue weighted by Gasteiger charge is -2.19. The van der Waals surface area contributed by atoms with E-state index in [1.165, 1.54) is 18.4 Å². The molecule has 1 nitrogen and oxygen atoms in total. The van der Waals surface area contributed by atoms with E-state index in [9.17, 15) is 5.11 Å². The summed E-state index contributed by atoms with van der Waals surface area (Å²) < 4.78 is 1.15. The molecule has 1 aromatic rings. The highest BCUT2D eigenvalue weighted by Crippen LogP contribution is 2.31. The molecule has 0 saturated carbocycles. The van der Waals surface area contributed by atoms with Crippen molar-refractivity contribution in [3.63, 3.8) is 0 Å². The second kappa shape index (κ2) is 5.12. The van der Waals surface area contributed by atoms with Crippen LogP contribution in [0.25, 0.3) is 0 Å². The molecule has 0 bridgehead atoms. The summed E-state index contributed by atoms with van der Waals surface area (Å²) >= 11 is 2.28. The van der Waals surface area contributed by atoms with Crippen LogP contribution in [0.15, 0.2) is 35.9 Å². The van der Waals surface area contributed by atoms with Gasteiger partial charge >= 0.3 is 0 Å². The molecule has 15 heavy (non-hydrogen) atoms. The third-order valence-corrected chi connectivity index (χ3v) is 3.86. The molecule has 0 heterocycles. The third kappa shape index (κ3) is 2.61. The van der Waals surface area contributed by atoms with E-state index in [-0.39, 0.29) is 0 Å². The molecule has 1 unspecified atom stereocenters. The zero-order valence-corrected chi connectivity index (χ0v) is 10.8. The van der Waals surface area contributed by atoms with Crippen LogP contribution in [0.3, 0.4) is 0 Å². The minimum absolute atomic E-state index is 0.390. The van der Waals surface area contributed by atoms with E-state index in [1.807, 2.05) is 24.3 Å². The molecule has 0 saturated heterocycles. The maximum atomic E-state index is 10.3. The molecule has 80 valence electrons. The molecule has 1 N–H and O–H groups in total. The number of aliphatic hydroxyl groups excluding tert-OH is 1. The van der Waals surface area contributed by atoms with Crippen molar-refractivity contribution in [2.75, 3.05) is 0 Å². The number of rotatable bonds is 2. The highest BCUT2D eigenvalue weighted by Gasteiger charge is 2.16. The predicted molar refractivity (Wildman–Crippen MR) is 70.7 cm³/mol. The van der Waals surface area contributed by atoms with Gasteiger partial charge in [0, 0.05) is 3.57 Å². The molecule has 1 aromatic carbocycles. The zero-order chi connectivity index (χ0) is 10.7. The van der Waals surface area contributed by atoms with Gasteiger partial charge in [-0.1, -0.05) is 24.3 Å². The number of aliphatic hydroxyl groups is 1. The molecule has 0 fully saturated rings. The average molecular weight is 314 g/mol. The lowest BCUT2D eigenvalue weighted by atomic mass is 9.92. The Morgan fingerprint density at radius 2 is 2.00 bits per heavy atom. The van der Waals surface area contributed by atoms with Gasteiger partial charge in [-0.05, 0) is 65.5 Å². The Kier molecular flexibility index (Phi) is 3.81. The van der Waals surface area contributed by atoms with Crippen molar-refractivity contribution in [1.82, 2.24) is 0 Å². The van der Waals surface area contributed by atoms with Crippen molar-refractivity contribution in [3.8, 4) is 0 Å². The standard InChI is InChI=1S/C13H15IO/c14-12-9-5-4-8-11(12)13(15)10-6-2-1-3-7-10/h4-6,8-9,13,15H,1-3,7H2. The molecular weight excluding hydrogens is 299 g/mol. The molecule has 1 atom stereocenters. The van der Waals surface area contributed by atoms with Crippen molar-refractivity contribution in [2.45, 2.75) is 31.8 Å². The fourth-order valence-electron chi connectivity index (χ4n) is 2.01. The van der Waals surface area contributed by atoms with Crippen molar-refractivity contribution in [1.29, 1.82) is 0 Å². The Bertz CT molecular complexity index is 371. The van der Waals surface area contributed by atoms with E-state index < -0.39 is 6.10 Å². The fourth-order valence-corrected chi connectivity index (χ4v) is 2.69. The van der Waals surface area contributed by atoms with Gasteiger partial charge in [0.2, 0.25) is 0 Å². The van der Waals surface area contributed by atoms with Crippen LogP contribution in [-0.2, 0) is 0 Å². The number of benzene rings is 1. The van der Waals surface area contributed by atoms with Crippen LogP contribution in [0.4, 0.5) is 0 Å². The van der Waals surface area contributed by atoms with Gasteiger partial charge in [-0.15, -0.1) is 0 Å². The predicted octanol–water partition coefficient (Wildman–Crippen LogP) is 3.83. The fraction of sp³-hybridized carbons (Fsp3) is 0.385. The Morgan fingerprint density at radius 3 is 2.67 bits per heavy atom. The van der Waals surface area contributed by atoms with Crippen molar-refractivity contribution < 1.29 is 5.11 Å². The molecule has 0 amide bonds. The molecule has 0 radical (unpaired) electrons. The first kappa shape index (κ1) is 11.1.